The van der Waals surface area contributed by atoms with Crippen molar-refractivity contribution in [3.63, 3.8) is 0 Å². The van der Waals surface area contributed by atoms with E-state index in [0.29, 0.717) is 37.3 Å². The number of nitrogens with two attached hydrogens (primary N) is 1. The Labute approximate surface area is 194 Å². The summed E-state index contributed by atoms with van der Waals surface area (Å²) in [6.45, 7) is 6.99. The molecule has 0 bridgehead atoms. The Balaban J connectivity index is 1.90. The minimum absolute atomic E-state index is 0.0897. The Morgan fingerprint density at radius 1 is 1.21 bits per heavy atom. The maximum absolute atomic E-state index is 13.5. The summed E-state index contributed by atoms with van der Waals surface area (Å²) in [4.78, 5) is 36.1. The van der Waals surface area contributed by atoms with E-state index < -0.39 is 17.8 Å². The van der Waals surface area contributed by atoms with Gasteiger partial charge in [-0.3, -0.25) is 14.8 Å². The highest BCUT2D eigenvalue weighted by Crippen LogP contribution is 2.47. The van der Waals surface area contributed by atoms with Gasteiger partial charge in [0.25, 0.3) is 0 Å². The van der Waals surface area contributed by atoms with Crippen LogP contribution in [0.25, 0.3) is 10.9 Å². The smallest absolute Gasteiger partial charge is 0.336 e. The van der Waals surface area contributed by atoms with E-state index in [9.17, 15) is 9.59 Å². The molecule has 2 N–H and O–H groups in total. The zero-order chi connectivity index (χ0) is 23.6. The third kappa shape index (κ3) is 4.75. The fourth-order valence-electron chi connectivity index (χ4n) is 4.93. The predicted octanol–water partition coefficient (Wildman–Crippen LogP) is 3.57. The standard InChI is InChI=1S/C26H31N3O4/c1-4-33-25(31)24-20(15-32-10-9-27)29-19-12-26(2,3)13-21(30)23(19)22(24)17-11-16-7-5-6-8-18(16)28-14-17/h5-8,11,14,22-23H,4,9-10,12-13,15,27H2,1-3H3. The number of ether oxygens (including phenoxy) is 2. The van der Waals surface area contributed by atoms with Gasteiger partial charge in [-0.2, -0.15) is 0 Å². The number of hydrogen-bond acceptors (Lipinski definition) is 7. The lowest BCUT2D eigenvalue weighted by Gasteiger charge is -2.41. The van der Waals surface area contributed by atoms with E-state index in [1.165, 1.54) is 0 Å². The zero-order valence-electron chi connectivity index (χ0n) is 19.5. The fraction of sp³-hybridized carbons (Fsp3) is 0.462. The molecule has 1 aromatic carbocycles. The Morgan fingerprint density at radius 2 is 2.00 bits per heavy atom. The number of hydrogen-bond donors (Lipinski definition) is 1. The van der Waals surface area contributed by atoms with Gasteiger partial charge in [-0.15, -0.1) is 0 Å². The fourth-order valence-corrected chi connectivity index (χ4v) is 4.93. The van der Waals surface area contributed by atoms with Crippen LogP contribution in [0.15, 0.2) is 52.8 Å². The average molecular weight is 450 g/mol. The second kappa shape index (κ2) is 9.53. The molecule has 174 valence electrons. The van der Waals surface area contributed by atoms with Crippen LogP contribution in [0.3, 0.4) is 0 Å². The van der Waals surface area contributed by atoms with Crippen molar-refractivity contribution in [3.05, 3.63) is 53.4 Å². The van der Waals surface area contributed by atoms with Gasteiger partial charge in [0, 0.05) is 36.2 Å². The molecule has 0 spiro atoms. The molecule has 1 aliphatic carbocycles. The van der Waals surface area contributed by atoms with Gasteiger partial charge in [0.15, 0.2) is 0 Å². The number of rotatable bonds is 7. The largest absolute Gasteiger partial charge is 0.463 e. The van der Waals surface area contributed by atoms with Crippen LogP contribution in [0.1, 0.15) is 45.1 Å². The van der Waals surface area contributed by atoms with Gasteiger partial charge in [0.2, 0.25) is 0 Å². The number of fused-ring (bicyclic) bond motifs is 2. The average Bonchev–Trinajstić information content (AvgIpc) is 2.77. The van der Waals surface area contributed by atoms with Crippen LogP contribution in [-0.2, 0) is 19.1 Å². The SMILES string of the molecule is CCOC(=O)C1=C(COCCN)N=C2CC(C)(C)CC(=O)C2C1c1cnc2ccccc2c1. The van der Waals surface area contributed by atoms with Gasteiger partial charge in [0.1, 0.15) is 5.78 Å². The van der Waals surface area contributed by atoms with E-state index in [1.807, 2.05) is 30.3 Å². The first-order chi connectivity index (χ1) is 15.8. The molecule has 1 saturated carbocycles. The molecular formula is C26H31N3O4. The van der Waals surface area contributed by atoms with Crippen molar-refractivity contribution < 1.29 is 19.1 Å². The second-order valence-electron chi connectivity index (χ2n) is 9.43. The molecule has 2 unspecified atom stereocenters. The summed E-state index contributed by atoms with van der Waals surface area (Å²) >= 11 is 0. The molecule has 33 heavy (non-hydrogen) atoms. The van der Waals surface area contributed by atoms with Gasteiger partial charge in [-0.05, 0) is 36.5 Å². The first-order valence-corrected chi connectivity index (χ1v) is 11.5. The van der Waals surface area contributed by atoms with Crippen molar-refractivity contribution in [2.75, 3.05) is 26.4 Å². The summed E-state index contributed by atoms with van der Waals surface area (Å²) in [7, 11) is 0. The summed E-state index contributed by atoms with van der Waals surface area (Å²) in [6, 6.07) is 9.82. The molecule has 1 aliphatic heterocycles. The monoisotopic (exact) mass is 449 g/mol. The second-order valence-corrected chi connectivity index (χ2v) is 9.43. The Hall–Kier alpha value is -2.90. The number of pyridine rings is 1. The van der Waals surface area contributed by atoms with Crippen LogP contribution >= 0.6 is 0 Å². The number of aliphatic imine (C=N–C) groups is 1. The molecule has 2 heterocycles. The third-order valence-electron chi connectivity index (χ3n) is 6.22. The van der Waals surface area contributed by atoms with Crippen molar-refractivity contribution in [1.29, 1.82) is 0 Å². The van der Waals surface area contributed by atoms with Crippen LogP contribution in [0.4, 0.5) is 0 Å². The lowest BCUT2D eigenvalue weighted by Crippen LogP contribution is -2.44. The Kier molecular flexibility index (Phi) is 6.72. The van der Waals surface area contributed by atoms with Crippen molar-refractivity contribution in [3.8, 4) is 0 Å². The summed E-state index contributed by atoms with van der Waals surface area (Å²) in [5.41, 5.74) is 8.76. The van der Waals surface area contributed by atoms with E-state index in [4.69, 9.17) is 20.2 Å². The number of carbonyl (C=O) groups excluding carboxylic acids is 2. The molecule has 2 aromatic rings. The number of Topliss-reactive ketones (excluding diaryl/α,β-unsaturated/α-hetero) is 1. The molecule has 1 aromatic heterocycles. The minimum Gasteiger partial charge on any atom is -0.463 e. The molecule has 2 atom stereocenters. The van der Waals surface area contributed by atoms with Crippen molar-refractivity contribution in [1.82, 2.24) is 4.98 Å². The molecule has 7 heteroatoms. The number of esters is 1. The van der Waals surface area contributed by atoms with Crippen LogP contribution in [0.5, 0.6) is 0 Å². The molecule has 0 saturated heterocycles. The number of ketones is 1. The van der Waals surface area contributed by atoms with E-state index in [1.54, 1.807) is 13.1 Å². The highest BCUT2D eigenvalue weighted by Gasteiger charge is 2.48. The van der Waals surface area contributed by atoms with Crippen molar-refractivity contribution in [2.24, 2.45) is 22.1 Å². The molecule has 2 aliphatic rings. The summed E-state index contributed by atoms with van der Waals surface area (Å²) in [6.07, 6.45) is 2.88. The number of benzene rings is 1. The molecule has 0 amide bonds. The van der Waals surface area contributed by atoms with Gasteiger partial charge in [0.05, 0.1) is 42.5 Å². The molecule has 4 rings (SSSR count). The van der Waals surface area contributed by atoms with Gasteiger partial charge in [-0.25, -0.2) is 4.79 Å². The molecule has 0 radical (unpaired) electrons. The van der Waals surface area contributed by atoms with Crippen LogP contribution in [0.2, 0.25) is 0 Å². The number of aromatic nitrogens is 1. The topological polar surface area (TPSA) is 104 Å². The maximum atomic E-state index is 13.5. The van der Waals surface area contributed by atoms with E-state index in [0.717, 1.165) is 22.2 Å². The highest BCUT2D eigenvalue weighted by molar-refractivity contribution is 6.12. The first-order valence-electron chi connectivity index (χ1n) is 11.5. The molecule has 1 fully saturated rings. The zero-order valence-corrected chi connectivity index (χ0v) is 19.5. The van der Waals surface area contributed by atoms with Gasteiger partial charge >= 0.3 is 5.97 Å². The summed E-state index contributed by atoms with van der Waals surface area (Å²) < 4.78 is 11.1. The molecular weight excluding hydrogens is 418 g/mol. The van der Waals surface area contributed by atoms with Crippen LogP contribution < -0.4 is 5.73 Å². The number of para-hydroxylation sites is 1. The normalized spacial score (nSPS) is 22.2. The van der Waals surface area contributed by atoms with E-state index >= 15 is 0 Å². The Bertz CT molecular complexity index is 1140. The van der Waals surface area contributed by atoms with Crippen molar-refractivity contribution >= 4 is 28.4 Å². The van der Waals surface area contributed by atoms with Crippen LogP contribution in [-0.4, -0.2) is 48.8 Å². The van der Waals surface area contributed by atoms with Crippen molar-refractivity contribution in [2.45, 2.75) is 39.5 Å². The predicted molar refractivity (Wildman–Crippen MR) is 127 cm³/mol. The minimum atomic E-state index is -0.520. The highest BCUT2D eigenvalue weighted by atomic mass is 16.5. The number of carbonyl (C=O) groups is 2. The lowest BCUT2D eigenvalue weighted by molar-refractivity contribution is -0.139. The maximum Gasteiger partial charge on any atom is 0.336 e. The lowest BCUT2D eigenvalue weighted by atomic mass is 9.63. The number of nitrogens with zero attached hydrogens (tertiary/aromatic N) is 2. The molecule has 7 nitrogen and oxygen atoms in total. The van der Waals surface area contributed by atoms with E-state index in [-0.39, 0.29) is 24.4 Å². The Morgan fingerprint density at radius 3 is 2.76 bits per heavy atom. The van der Waals surface area contributed by atoms with Gasteiger partial charge in [-0.1, -0.05) is 32.0 Å². The third-order valence-corrected chi connectivity index (χ3v) is 6.22. The quantitative estimate of drug-likeness (QED) is 0.512. The summed E-state index contributed by atoms with van der Waals surface area (Å²) in [5, 5.41) is 0.951. The van der Waals surface area contributed by atoms with E-state index in [2.05, 4.69) is 18.8 Å². The van der Waals surface area contributed by atoms with Gasteiger partial charge < -0.3 is 15.2 Å². The van der Waals surface area contributed by atoms with Crippen LogP contribution in [0, 0.1) is 11.3 Å². The first kappa shape index (κ1) is 23.3. The summed E-state index contributed by atoms with van der Waals surface area (Å²) in [5.74, 6) is -1.42.